The number of alkyl halides is 3. The minimum Gasteiger partial charge on any atom is -0.464 e. The van der Waals surface area contributed by atoms with Gasteiger partial charge in [-0.3, -0.25) is 9.59 Å². The zero-order chi connectivity index (χ0) is 19.2. The standard InChI is InChI=1S/C17H22F3N3O3/c1-12(17(18,19)20)26-16-13(6-5-8-22-16)15(25)21-9-7-14(24)23-10-3-2-4-11-23/h5-6,8,12H,2-4,7,9-11H2,1H3,(H,21,25)/t12-/m0/s1. The van der Waals surface area contributed by atoms with Crippen molar-refractivity contribution in [2.45, 2.75) is 44.9 Å². The van der Waals surface area contributed by atoms with Crippen molar-refractivity contribution in [3.8, 4) is 5.88 Å². The molecule has 1 aromatic rings. The lowest BCUT2D eigenvalue weighted by molar-refractivity contribution is -0.190. The van der Waals surface area contributed by atoms with Gasteiger partial charge in [-0.15, -0.1) is 0 Å². The molecule has 2 amide bonds. The van der Waals surface area contributed by atoms with Gasteiger partial charge in [0, 0.05) is 32.3 Å². The minimum absolute atomic E-state index is 0.0432. The molecule has 0 unspecified atom stereocenters. The largest absolute Gasteiger partial charge is 0.464 e. The number of aromatic nitrogens is 1. The summed E-state index contributed by atoms with van der Waals surface area (Å²) < 4.78 is 42.7. The van der Waals surface area contributed by atoms with Gasteiger partial charge in [-0.05, 0) is 38.3 Å². The van der Waals surface area contributed by atoms with Crippen LogP contribution in [0.15, 0.2) is 18.3 Å². The van der Waals surface area contributed by atoms with Crippen molar-refractivity contribution in [3.05, 3.63) is 23.9 Å². The zero-order valence-electron chi connectivity index (χ0n) is 14.5. The molecule has 2 rings (SSSR count). The van der Waals surface area contributed by atoms with Crippen molar-refractivity contribution < 1.29 is 27.5 Å². The third kappa shape index (κ3) is 5.60. The fraction of sp³-hybridized carbons (Fsp3) is 0.588. The van der Waals surface area contributed by atoms with Crippen LogP contribution < -0.4 is 10.1 Å². The molecular formula is C17H22F3N3O3. The molecule has 1 aliphatic heterocycles. The Bertz CT molecular complexity index is 631. The maximum atomic E-state index is 12.6. The number of likely N-dealkylation sites (tertiary alicyclic amines) is 1. The Balaban J connectivity index is 1.90. The van der Waals surface area contributed by atoms with Gasteiger partial charge in [0.15, 0.2) is 6.10 Å². The van der Waals surface area contributed by atoms with Crippen LogP contribution in [0.4, 0.5) is 13.2 Å². The second-order valence-electron chi connectivity index (χ2n) is 6.11. The first-order valence-corrected chi connectivity index (χ1v) is 8.53. The summed E-state index contributed by atoms with van der Waals surface area (Å²) in [5.74, 6) is -1.07. The first-order chi connectivity index (χ1) is 12.3. The molecule has 0 aliphatic carbocycles. The summed E-state index contributed by atoms with van der Waals surface area (Å²) >= 11 is 0. The number of ether oxygens (including phenoxy) is 1. The maximum Gasteiger partial charge on any atom is 0.425 e. The number of nitrogens with one attached hydrogen (secondary N) is 1. The van der Waals surface area contributed by atoms with E-state index in [0.717, 1.165) is 39.3 Å². The molecule has 1 N–H and O–H groups in total. The molecule has 1 fully saturated rings. The fourth-order valence-electron chi connectivity index (χ4n) is 2.57. The summed E-state index contributed by atoms with van der Waals surface area (Å²) in [5, 5.41) is 2.53. The lowest BCUT2D eigenvalue weighted by atomic mass is 10.1. The van der Waals surface area contributed by atoms with Gasteiger partial charge in [-0.2, -0.15) is 13.2 Å². The number of carbonyl (C=O) groups is 2. The number of carbonyl (C=O) groups excluding carboxylic acids is 2. The average molecular weight is 373 g/mol. The molecule has 9 heteroatoms. The van der Waals surface area contributed by atoms with E-state index in [9.17, 15) is 22.8 Å². The first kappa shape index (κ1) is 20.0. The lowest BCUT2D eigenvalue weighted by Gasteiger charge is -2.26. The highest BCUT2D eigenvalue weighted by molar-refractivity contribution is 5.96. The van der Waals surface area contributed by atoms with Crippen molar-refractivity contribution in [1.82, 2.24) is 15.2 Å². The number of nitrogens with zero attached hydrogens (tertiary/aromatic N) is 2. The number of halogens is 3. The number of pyridine rings is 1. The average Bonchev–Trinajstić information content (AvgIpc) is 2.62. The summed E-state index contributed by atoms with van der Waals surface area (Å²) in [6.07, 6.45) is -2.20. The summed E-state index contributed by atoms with van der Waals surface area (Å²) in [6, 6.07) is 2.76. The third-order valence-corrected chi connectivity index (χ3v) is 4.10. The van der Waals surface area contributed by atoms with Gasteiger partial charge in [0.2, 0.25) is 11.8 Å². The first-order valence-electron chi connectivity index (χ1n) is 8.53. The van der Waals surface area contributed by atoms with Crippen LogP contribution in [0.2, 0.25) is 0 Å². The Morgan fingerprint density at radius 2 is 2.00 bits per heavy atom. The smallest absolute Gasteiger partial charge is 0.425 e. The van der Waals surface area contributed by atoms with E-state index >= 15 is 0 Å². The van der Waals surface area contributed by atoms with Crippen molar-refractivity contribution >= 4 is 11.8 Å². The quantitative estimate of drug-likeness (QED) is 0.832. The normalized spacial score (nSPS) is 16.1. The van der Waals surface area contributed by atoms with Crippen LogP contribution in [0.3, 0.4) is 0 Å². The molecular weight excluding hydrogens is 351 g/mol. The number of piperidine rings is 1. The van der Waals surface area contributed by atoms with E-state index in [-0.39, 0.29) is 24.4 Å². The van der Waals surface area contributed by atoms with Gasteiger partial charge in [0.1, 0.15) is 5.56 Å². The zero-order valence-corrected chi connectivity index (χ0v) is 14.5. The number of amides is 2. The van der Waals surface area contributed by atoms with Crippen molar-refractivity contribution in [2.75, 3.05) is 19.6 Å². The van der Waals surface area contributed by atoms with Crippen molar-refractivity contribution in [2.24, 2.45) is 0 Å². The number of rotatable bonds is 6. The highest BCUT2D eigenvalue weighted by Gasteiger charge is 2.39. The molecule has 0 aromatic carbocycles. The van der Waals surface area contributed by atoms with Crippen LogP contribution in [0, 0.1) is 0 Å². The highest BCUT2D eigenvalue weighted by atomic mass is 19.4. The van der Waals surface area contributed by atoms with Crippen LogP contribution >= 0.6 is 0 Å². The summed E-state index contributed by atoms with van der Waals surface area (Å²) in [6.45, 7) is 2.39. The lowest BCUT2D eigenvalue weighted by Crippen LogP contribution is -2.38. The molecule has 144 valence electrons. The van der Waals surface area contributed by atoms with Gasteiger partial charge in [-0.1, -0.05) is 0 Å². The molecule has 0 spiro atoms. The minimum atomic E-state index is -4.56. The monoisotopic (exact) mass is 373 g/mol. The molecule has 26 heavy (non-hydrogen) atoms. The Kier molecular flexibility index (Phi) is 6.82. The molecule has 1 aromatic heterocycles. The molecule has 0 radical (unpaired) electrons. The summed E-state index contributed by atoms with van der Waals surface area (Å²) in [5.41, 5.74) is -0.103. The number of hydrogen-bond acceptors (Lipinski definition) is 4. The van der Waals surface area contributed by atoms with E-state index in [4.69, 9.17) is 4.74 Å². The van der Waals surface area contributed by atoms with Crippen molar-refractivity contribution in [3.63, 3.8) is 0 Å². The topological polar surface area (TPSA) is 71.5 Å². The van der Waals surface area contributed by atoms with Crippen LogP contribution in [-0.4, -0.2) is 53.6 Å². The fourth-order valence-corrected chi connectivity index (χ4v) is 2.57. The van der Waals surface area contributed by atoms with Gasteiger partial charge >= 0.3 is 6.18 Å². The van der Waals surface area contributed by atoms with Gasteiger partial charge in [0.25, 0.3) is 5.91 Å². The number of hydrogen-bond donors (Lipinski definition) is 1. The molecule has 0 bridgehead atoms. The molecule has 1 saturated heterocycles. The summed E-state index contributed by atoms with van der Waals surface area (Å²) in [7, 11) is 0. The van der Waals surface area contributed by atoms with Crippen LogP contribution in [-0.2, 0) is 4.79 Å². The molecule has 1 aliphatic rings. The Hall–Kier alpha value is -2.32. The van der Waals surface area contributed by atoms with E-state index in [1.54, 1.807) is 4.90 Å². The predicted octanol–water partition coefficient (Wildman–Crippen LogP) is 2.54. The van der Waals surface area contributed by atoms with E-state index in [1.165, 1.54) is 18.3 Å². The van der Waals surface area contributed by atoms with Crippen LogP contribution in [0.5, 0.6) is 5.88 Å². The highest BCUT2D eigenvalue weighted by Crippen LogP contribution is 2.25. The maximum absolute atomic E-state index is 12.6. The molecule has 6 nitrogen and oxygen atoms in total. The van der Waals surface area contributed by atoms with Crippen molar-refractivity contribution in [1.29, 1.82) is 0 Å². The molecule has 2 heterocycles. The predicted molar refractivity (Wildman–Crippen MR) is 87.8 cm³/mol. The van der Waals surface area contributed by atoms with E-state index < -0.39 is 24.1 Å². The van der Waals surface area contributed by atoms with Gasteiger partial charge in [-0.25, -0.2) is 4.98 Å². The Morgan fingerprint density at radius 1 is 1.31 bits per heavy atom. The second-order valence-corrected chi connectivity index (χ2v) is 6.11. The van der Waals surface area contributed by atoms with Gasteiger partial charge in [0.05, 0.1) is 0 Å². The third-order valence-electron chi connectivity index (χ3n) is 4.10. The summed E-state index contributed by atoms with van der Waals surface area (Å²) in [4.78, 5) is 29.7. The van der Waals surface area contributed by atoms with E-state index in [2.05, 4.69) is 10.3 Å². The van der Waals surface area contributed by atoms with Crippen LogP contribution in [0.1, 0.15) is 43.0 Å². The van der Waals surface area contributed by atoms with Crippen LogP contribution in [0.25, 0.3) is 0 Å². The van der Waals surface area contributed by atoms with E-state index in [1.807, 2.05) is 0 Å². The Morgan fingerprint density at radius 3 is 2.65 bits per heavy atom. The molecule has 1 atom stereocenters. The second kappa shape index (κ2) is 8.86. The SMILES string of the molecule is C[C@H](Oc1ncccc1C(=O)NCCC(=O)N1CCCCC1)C(F)(F)F. The Labute approximate surface area is 149 Å². The van der Waals surface area contributed by atoms with E-state index in [0.29, 0.717) is 0 Å². The van der Waals surface area contributed by atoms with Gasteiger partial charge < -0.3 is 15.0 Å². The molecule has 0 saturated carbocycles.